The first-order valence-electron chi connectivity index (χ1n) is 9.95. The average molecular weight is 450 g/mol. The molecule has 7 heteroatoms. The van der Waals surface area contributed by atoms with Crippen LogP contribution in [0.15, 0.2) is 76.0 Å². The first kappa shape index (κ1) is 21.3. The van der Waals surface area contributed by atoms with Crippen LogP contribution in [0.2, 0.25) is 0 Å². The van der Waals surface area contributed by atoms with Gasteiger partial charge in [0, 0.05) is 13.6 Å². The van der Waals surface area contributed by atoms with Crippen LogP contribution in [0.1, 0.15) is 16.7 Å². The van der Waals surface area contributed by atoms with E-state index >= 15 is 0 Å². The van der Waals surface area contributed by atoms with Gasteiger partial charge in [0.2, 0.25) is 5.91 Å². The molecular formula is C24H23N3O2S2. The number of carbonyl (C=O) groups is 1. The molecule has 31 heavy (non-hydrogen) atoms. The minimum atomic E-state index is -0.0619. The third-order valence-electron chi connectivity index (χ3n) is 5.01. The number of nitrogens with zero attached hydrogens (tertiary/aromatic N) is 3. The Balaban J connectivity index is 1.55. The summed E-state index contributed by atoms with van der Waals surface area (Å²) >= 11 is 2.71. The average Bonchev–Trinajstić information content (AvgIpc) is 3.25. The fraction of sp³-hybridized carbons (Fsp3) is 0.208. The number of amides is 1. The van der Waals surface area contributed by atoms with Crippen molar-refractivity contribution in [1.82, 2.24) is 14.5 Å². The van der Waals surface area contributed by atoms with E-state index in [1.54, 1.807) is 16.5 Å². The minimum Gasteiger partial charge on any atom is -0.341 e. The van der Waals surface area contributed by atoms with Crippen molar-refractivity contribution in [3.8, 4) is 0 Å². The summed E-state index contributed by atoms with van der Waals surface area (Å²) in [5.74, 6) is 0.217. The van der Waals surface area contributed by atoms with Gasteiger partial charge >= 0.3 is 0 Å². The van der Waals surface area contributed by atoms with Crippen molar-refractivity contribution in [2.75, 3.05) is 12.8 Å². The van der Waals surface area contributed by atoms with Gasteiger partial charge in [0.15, 0.2) is 5.16 Å². The van der Waals surface area contributed by atoms with Gasteiger partial charge < -0.3 is 4.90 Å². The third kappa shape index (κ3) is 5.06. The highest BCUT2D eigenvalue weighted by atomic mass is 32.2. The first-order valence-corrected chi connectivity index (χ1v) is 11.8. The molecule has 158 valence electrons. The zero-order chi connectivity index (χ0) is 21.8. The molecule has 0 aliphatic rings. The molecule has 0 aliphatic heterocycles. The van der Waals surface area contributed by atoms with Gasteiger partial charge in [-0.15, -0.1) is 11.3 Å². The zero-order valence-electron chi connectivity index (χ0n) is 17.4. The van der Waals surface area contributed by atoms with Crippen LogP contribution in [0, 0.1) is 6.92 Å². The molecule has 2 aromatic carbocycles. The van der Waals surface area contributed by atoms with Gasteiger partial charge in [0.25, 0.3) is 5.56 Å². The number of aromatic nitrogens is 2. The van der Waals surface area contributed by atoms with E-state index in [-0.39, 0.29) is 17.2 Å². The Morgan fingerprint density at radius 1 is 1.06 bits per heavy atom. The van der Waals surface area contributed by atoms with Crippen LogP contribution in [-0.2, 0) is 17.9 Å². The number of thioether (sulfide) groups is 1. The summed E-state index contributed by atoms with van der Waals surface area (Å²) in [6.45, 7) is 3.01. The molecule has 0 atom stereocenters. The van der Waals surface area contributed by atoms with Gasteiger partial charge in [-0.2, -0.15) is 0 Å². The second-order valence-electron chi connectivity index (χ2n) is 7.43. The van der Waals surface area contributed by atoms with Crippen molar-refractivity contribution in [1.29, 1.82) is 0 Å². The van der Waals surface area contributed by atoms with Gasteiger partial charge in [-0.25, -0.2) is 4.98 Å². The molecule has 0 saturated heterocycles. The Kier molecular flexibility index (Phi) is 6.53. The van der Waals surface area contributed by atoms with E-state index in [4.69, 9.17) is 4.98 Å². The number of benzene rings is 2. The van der Waals surface area contributed by atoms with Crippen LogP contribution in [0.25, 0.3) is 10.2 Å². The Morgan fingerprint density at radius 3 is 2.55 bits per heavy atom. The highest BCUT2D eigenvalue weighted by Crippen LogP contribution is 2.22. The Labute approximate surface area is 189 Å². The summed E-state index contributed by atoms with van der Waals surface area (Å²) in [5.41, 5.74) is 3.90. The monoisotopic (exact) mass is 449 g/mol. The van der Waals surface area contributed by atoms with Gasteiger partial charge in [0.05, 0.1) is 17.8 Å². The maximum atomic E-state index is 13.1. The number of aryl methyl sites for hydroxylation is 1. The van der Waals surface area contributed by atoms with Crippen LogP contribution in [-0.4, -0.2) is 33.2 Å². The Morgan fingerprint density at radius 2 is 1.81 bits per heavy atom. The van der Waals surface area contributed by atoms with E-state index in [0.29, 0.717) is 28.5 Å². The molecule has 0 radical (unpaired) electrons. The predicted octanol–water partition coefficient (Wildman–Crippen LogP) is 4.57. The molecule has 2 aromatic heterocycles. The summed E-state index contributed by atoms with van der Waals surface area (Å²) < 4.78 is 2.32. The van der Waals surface area contributed by atoms with E-state index in [1.807, 2.05) is 73.0 Å². The molecule has 1 amide bonds. The summed E-state index contributed by atoms with van der Waals surface area (Å²) in [7, 11) is 1.80. The molecular weight excluding hydrogens is 426 g/mol. The summed E-state index contributed by atoms with van der Waals surface area (Å²) in [6, 6.07) is 19.9. The fourth-order valence-corrected chi connectivity index (χ4v) is 4.95. The third-order valence-corrected chi connectivity index (χ3v) is 6.86. The quantitative estimate of drug-likeness (QED) is 0.306. The van der Waals surface area contributed by atoms with Crippen LogP contribution in [0.5, 0.6) is 0 Å². The molecule has 0 unspecified atom stereocenters. The standard InChI is InChI=1S/C24H23N3O2S2/c1-17-8-10-19(11-9-17)15-27-23(29)22-20(12-13-30-22)25-24(27)31-16-21(28)26(2)14-18-6-4-3-5-7-18/h3-13H,14-16H2,1-2H3. The summed E-state index contributed by atoms with van der Waals surface area (Å²) in [4.78, 5) is 32.2. The molecule has 0 saturated carbocycles. The molecule has 4 aromatic rings. The fourth-order valence-electron chi connectivity index (χ4n) is 3.23. The van der Waals surface area contributed by atoms with E-state index in [9.17, 15) is 9.59 Å². The second kappa shape index (κ2) is 9.49. The predicted molar refractivity (Wildman–Crippen MR) is 128 cm³/mol. The Hall–Kier alpha value is -2.90. The normalized spacial score (nSPS) is 11.0. The number of rotatable bonds is 7. The highest BCUT2D eigenvalue weighted by Gasteiger charge is 2.16. The van der Waals surface area contributed by atoms with Crippen molar-refractivity contribution in [2.24, 2.45) is 0 Å². The highest BCUT2D eigenvalue weighted by molar-refractivity contribution is 7.99. The number of carbonyl (C=O) groups excluding carboxylic acids is 1. The van der Waals surface area contributed by atoms with Crippen molar-refractivity contribution in [3.63, 3.8) is 0 Å². The smallest absolute Gasteiger partial charge is 0.272 e. The molecule has 2 heterocycles. The molecule has 0 fully saturated rings. The lowest BCUT2D eigenvalue weighted by atomic mass is 10.1. The molecule has 0 aliphatic carbocycles. The van der Waals surface area contributed by atoms with E-state index in [1.165, 1.54) is 28.7 Å². The number of thiophene rings is 1. The lowest BCUT2D eigenvalue weighted by molar-refractivity contribution is -0.127. The van der Waals surface area contributed by atoms with Crippen molar-refractivity contribution in [2.45, 2.75) is 25.2 Å². The maximum absolute atomic E-state index is 13.1. The number of fused-ring (bicyclic) bond motifs is 1. The molecule has 0 N–H and O–H groups in total. The maximum Gasteiger partial charge on any atom is 0.272 e. The lowest BCUT2D eigenvalue weighted by Gasteiger charge is -2.18. The number of hydrogen-bond donors (Lipinski definition) is 0. The van der Waals surface area contributed by atoms with Gasteiger partial charge in [-0.3, -0.25) is 14.2 Å². The first-order chi connectivity index (χ1) is 15.0. The molecule has 5 nitrogen and oxygen atoms in total. The van der Waals surface area contributed by atoms with Crippen LogP contribution >= 0.6 is 23.1 Å². The Bertz CT molecular complexity index is 1250. The topological polar surface area (TPSA) is 55.2 Å². The summed E-state index contributed by atoms with van der Waals surface area (Å²) in [5, 5.41) is 2.45. The van der Waals surface area contributed by atoms with Crippen LogP contribution < -0.4 is 5.56 Å². The SMILES string of the molecule is Cc1ccc(Cn2c(SCC(=O)N(C)Cc3ccccc3)nc3ccsc3c2=O)cc1. The largest absolute Gasteiger partial charge is 0.341 e. The zero-order valence-corrected chi connectivity index (χ0v) is 19.1. The molecule has 4 rings (SSSR count). The summed E-state index contributed by atoms with van der Waals surface area (Å²) in [6.07, 6.45) is 0. The van der Waals surface area contributed by atoms with E-state index in [0.717, 1.165) is 11.1 Å². The molecule has 0 bridgehead atoms. The van der Waals surface area contributed by atoms with Gasteiger partial charge in [0.1, 0.15) is 4.70 Å². The number of hydrogen-bond acceptors (Lipinski definition) is 5. The van der Waals surface area contributed by atoms with Crippen molar-refractivity contribution in [3.05, 3.63) is 93.1 Å². The van der Waals surface area contributed by atoms with Gasteiger partial charge in [-0.05, 0) is 29.5 Å². The molecule has 0 spiro atoms. The lowest BCUT2D eigenvalue weighted by Crippen LogP contribution is -2.29. The van der Waals surface area contributed by atoms with Crippen molar-refractivity contribution >= 4 is 39.2 Å². The van der Waals surface area contributed by atoms with Gasteiger partial charge in [-0.1, -0.05) is 71.9 Å². The van der Waals surface area contributed by atoms with Crippen LogP contribution in [0.4, 0.5) is 0 Å². The minimum absolute atomic E-state index is 0.00426. The van der Waals surface area contributed by atoms with Crippen molar-refractivity contribution < 1.29 is 4.79 Å². The van der Waals surface area contributed by atoms with Crippen LogP contribution in [0.3, 0.4) is 0 Å². The van der Waals surface area contributed by atoms with E-state index in [2.05, 4.69) is 0 Å². The second-order valence-corrected chi connectivity index (χ2v) is 9.29. The van der Waals surface area contributed by atoms with E-state index < -0.39 is 0 Å².